The van der Waals surface area contributed by atoms with Gasteiger partial charge >= 0.3 is 0 Å². The number of aliphatic imine (C=N–C) groups is 1. The Morgan fingerprint density at radius 1 is 1.07 bits per heavy atom. The maximum Gasteiger partial charge on any atom is 0.253 e. The maximum absolute atomic E-state index is 13.2. The summed E-state index contributed by atoms with van der Waals surface area (Å²) >= 11 is 0. The summed E-state index contributed by atoms with van der Waals surface area (Å²) < 4.78 is 13.2. The molecule has 0 bridgehead atoms. The number of amides is 1. The molecular weight excluding hydrogens is 482 g/mol. The first kappa shape index (κ1) is 24.9. The van der Waals surface area contributed by atoms with Crippen LogP contribution in [0.1, 0.15) is 34.8 Å². The Labute approximate surface area is 189 Å². The van der Waals surface area contributed by atoms with E-state index in [2.05, 4.69) is 15.6 Å². The van der Waals surface area contributed by atoms with Gasteiger partial charge in [0, 0.05) is 32.7 Å². The van der Waals surface area contributed by atoms with E-state index in [1.807, 2.05) is 37.3 Å². The van der Waals surface area contributed by atoms with Crippen LogP contribution in [0.5, 0.6) is 0 Å². The van der Waals surface area contributed by atoms with E-state index in [1.54, 1.807) is 31.1 Å². The van der Waals surface area contributed by atoms with Gasteiger partial charge in [0.25, 0.3) is 5.91 Å². The number of halogens is 2. The van der Waals surface area contributed by atoms with Gasteiger partial charge in [-0.25, -0.2) is 9.38 Å². The molecule has 2 rings (SSSR count). The van der Waals surface area contributed by atoms with Crippen molar-refractivity contribution in [1.29, 1.82) is 0 Å². The summed E-state index contributed by atoms with van der Waals surface area (Å²) in [5.41, 5.74) is 2.70. The third-order valence-corrected chi connectivity index (χ3v) is 4.19. The second kappa shape index (κ2) is 13.1. The number of carbonyl (C=O) groups is 1. The van der Waals surface area contributed by atoms with Crippen molar-refractivity contribution >= 4 is 35.8 Å². The van der Waals surface area contributed by atoms with Crippen LogP contribution in [0.3, 0.4) is 0 Å². The van der Waals surface area contributed by atoms with Crippen LogP contribution in [0.2, 0.25) is 0 Å². The lowest BCUT2D eigenvalue weighted by atomic mass is 10.1. The molecule has 1 amide bonds. The maximum atomic E-state index is 13.2. The molecule has 0 aliphatic heterocycles. The average molecular weight is 512 g/mol. The number of hydrogen-bond acceptors (Lipinski definition) is 2. The first-order valence-corrected chi connectivity index (χ1v) is 9.57. The summed E-state index contributed by atoms with van der Waals surface area (Å²) in [5, 5.41) is 6.53. The topological polar surface area (TPSA) is 56.7 Å². The largest absolute Gasteiger partial charge is 0.357 e. The number of hydrogen-bond donors (Lipinski definition) is 2. The van der Waals surface area contributed by atoms with Gasteiger partial charge in [0.2, 0.25) is 0 Å². The molecular formula is C22H30FIN4O. The highest BCUT2D eigenvalue weighted by atomic mass is 127. The molecule has 0 aliphatic carbocycles. The van der Waals surface area contributed by atoms with Crippen LogP contribution >= 0.6 is 24.0 Å². The van der Waals surface area contributed by atoms with Crippen LogP contribution in [0, 0.1) is 5.82 Å². The van der Waals surface area contributed by atoms with Crippen LogP contribution in [-0.2, 0) is 13.0 Å². The zero-order valence-electron chi connectivity index (χ0n) is 17.2. The van der Waals surface area contributed by atoms with Crippen molar-refractivity contribution in [3.8, 4) is 0 Å². The summed E-state index contributed by atoms with van der Waals surface area (Å²) in [6, 6.07) is 14.2. The van der Waals surface area contributed by atoms with E-state index in [0.717, 1.165) is 43.0 Å². The van der Waals surface area contributed by atoms with Gasteiger partial charge in [0.1, 0.15) is 5.82 Å². The Bertz CT molecular complexity index is 794. The zero-order chi connectivity index (χ0) is 20.4. The molecule has 7 heteroatoms. The van der Waals surface area contributed by atoms with E-state index in [-0.39, 0.29) is 35.7 Å². The number of nitrogens with one attached hydrogen (secondary N) is 2. The molecule has 2 N–H and O–H groups in total. The summed E-state index contributed by atoms with van der Waals surface area (Å²) in [7, 11) is 3.48. The standard InChI is InChI=1S/C22H29FN4O.HI/c1-4-24-22(25-14-6-8-17-7-5-9-20(23)15-17)26-16-18-10-12-19(13-11-18)21(28)27(2)3;/h5,7,9-13,15H,4,6,8,14,16H2,1-3H3,(H2,24,25,26);1H. The fraction of sp³-hybridized carbons (Fsp3) is 0.364. The first-order valence-electron chi connectivity index (χ1n) is 9.57. The van der Waals surface area contributed by atoms with Crippen LogP contribution in [-0.4, -0.2) is 44.0 Å². The molecule has 0 atom stereocenters. The van der Waals surface area contributed by atoms with Gasteiger partial charge in [-0.15, -0.1) is 24.0 Å². The number of carbonyl (C=O) groups excluding carboxylic acids is 1. The molecule has 0 spiro atoms. The van der Waals surface area contributed by atoms with Gasteiger partial charge in [-0.2, -0.15) is 0 Å². The number of aryl methyl sites for hydroxylation is 1. The Balaban J connectivity index is 0.00000420. The highest BCUT2D eigenvalue weighted by Crippen LogP contribution is 2.08. The molecule has 29 heavy (non-hydrogen) atoms. The van der Waals surface area contributed by atoms with Crippen LogP contribution in [0.25, 0.3) is 0 Å². The second-order valence-corrected chi connectivity index (χ2v) is 6.75. The van der Waals surface area contributed by atoms with E-state index in [4.69, 9.17) is 0 Å². The zero-order valence-corrected chi connectivity index (χ0v) is 19.6. The van der Waals surface area contributed by atoms with Crippen LogP contribution in [0.4, 0.5) is 4.39 Å². The molecule has 2 aromatic rings. The normalized spacial score (nSPS) is 10.8. The molecule has 0 radical (unpaired) electrons. The number of nitrogens with zero attached hydrogens (tertiary/aromatic N) is 2. The van der Waals surface area contributed by atoms with Gasteiger partial charge in [-0.3, -0.25) is 4.79 Å². The fourth-order valence-corrected chi connectivity index (χ4v) is 2.71. The molecule has 2 aromatic carbocycles. The number of benzene rings is 2. The first-order chi connectivity index (χ1) is 13.5. The van der Waals surface area contributed by atoms with E-state index in [1.165, 1.54) is 6.07 Å². The summed E-state index contributed by atoms with van der Waals surface area (Å²) in [6.45, 7) is 4.06. The monoisotopic (exact) mass is 512 g/mol. The Hall–Kier alpha value is -2.16. The lowest BCUT2D eigenvalue weighted by molar-refractivity contribution is 0.0827. The number of guanidine groups is 1. The van der Waals surface area contributed by atoms with Crippen molar-refractivity contribution in [1.82, 2.24) is 15.5 Å². The van der Waals surface area contributed by atoms with Crippen molar-refractivity contribution in [2.24, 2.45) is 4.99 Å². The Morgan fingerprint density at radius 2 is 1.79 bits per heavy atom. The molecule has 0 fully saturated rings. The predicted octanol–water partition coefficient (Wildman–Crippen LogP) is 3.83. The molecule has 0 saturated carbocycles. The molecule has 158 valence electrons. The van der Waals surface area contributed by atoms with Crippen molar-refractivity contribution in [3.05, 3.63) is 71.0 Å². The van der Waals surface area contributed by atoms with Gasteiger partial charge in [0.15, 0.2) is 5.96 Å². The number of rotatable bonds is 8. The summed E-state index contributed by atoms with van der Waals surface area (Å²) in [6.07, 6.45) is 1.70. The highest BCUT2D eigenvalue weighted by molar-refractivity contribution is 14.0. The van der Waals surface area contributed by atoms with Crippen LogP contribution in [0.15, 0.2) is 53.5 Å². The molecule has 0 aromatic heterocycles. The molecule has 0 saturated heterocycles. The fourth-order valence-electron chi connectivity index (χ4n) is 2.71. The van der Waals surface area contributed by atoms with Crippen molar-refractivity contribution in [3.63, 3.8) is 0 Å². The molecule has 5 nitrogen and oxygen atoms in total. The molecule has 0 heterocycles. The van der Waals surface area contributed by atoms with Crippen molar-refractivity contribution < 1.29 is 9.18 Å². The third kappa shape index (κ3) is 8.81. The van der Waals surface area contributed by atoms with Gasteiger partial charge in [0.05, 0.1) is 6.54 Å². The minimum absolute atomic E-state index is 0. The van der Waals surface area contributed by atoms with E-state index >= 15 is 0 Å². The van der Waals surface area contributed by atoms with Gasteiger partial charge in [-0.1, -0.05) is 24.3 Å². The minimum Gasteiger partial charge on any atom is -0.357 e. The molecule has 0 aliphatic rings. The van der Waals surface area contributed by atoms with Crippen LogP contribution < -0.4 is 10.6 Å². The lowest BCUT2D eigenvalue weighted by Gasteiger charge is -2.12. The SMILES string of the molecule is CCNC(=NCc1ccc(C(=O)N(C)C)cc1)NCCCc1cccc(F)c1.I. The third-order valence-electron chi connectivity index (χ3n) is 4.19. The van der Waals surface area contributed by atoms with E-state index in [9.17, 15) is 9.18 Å². The van der Waals surface area contributed by atoms with Gasteiger partial charge < -0.3 is 15.5 Å². The second-order valence-electron chi connectivity index (χ2n) is 6.75. The smallest absolute Gasteiger partial charge is 0.253 e. The van der Waals surface area contributed by atoms with Crippen molar-refractivity contribution in [2.45, 2.75) is 26.3 Å². The Kier molecular flexibility index (Phi) is 11.3. The summed E-state index contributed by atoms with van der Waals surface area (Å²) in [4.78, 5) is 18.1. The predicted molar refractivity (Wildman–Crippen MR) is 127 cm³/mol. The van der Waals surface area contributed by atoms with E-state index < -0.39 is 0 Å². The van der Waals surface area contributed by atoms with Crippen molar-refractivity contribution in [2.75, 3.05) is 27.2 Å². The minimum atomic E-state index is -0.196. The highest BCUT2D eigenvalue weighted by Gasteiger charge is 2.07. The van der Waals surface area contributed by atoms with E-state index in [0.29, 0.717) is 12.1 Å². The quantitative estimate of drug-likeness (QED) is 0.245. The lowest BCUT2D eigenvalue weighted by Crippen LogP contribution is -2.37. The average Bonchev–Trinajstić information content (AvgIpc) is 2.69. The van der Waals surface area contributed by atoms with Gasteiger partial charge in [-0.05, 0) is 55.2 Å². The summed E-state index contributed by atoms with van der Waals surface area (Å²) in [5.74, 6) is 0.539. The Morgan fingerprint density at radius 3 is 2.41 bits per heavy atom. The molecule has 0 unspecified atom stereocenters.